The van der Waals surface area contributed by atoms with Crippen LogP contribution in [0.2, 0.25) is 0 Å². The molecule has 0 bridgehead atoms. The lowest BCUT2D eigenvalue weighted by atomic mass is 10.00. The van der Waals surface area contributed by atoms with Crippen molar-refractivity contribution in [2.75, 3.05) is 13.2 Å². The molecule has 56 valence electrons. The van der Waals surface area contributed by atoms with Crippen molar-refractivity contribution in [2.24, 2.45) is 5.92 Å². The molecule has 1 fully saturated rings. The Morgan fingerprint density at radius 1 is 1.90 bits per heavy atom. The lowest BCUT2D eigenvalue weighted by molar-refractivity contribution is -0.120. The van der Waals surface area contributed by atoms with Gasteiger partial charge >= 0.3 is 0 Å². The molecular formula is C8H12O2. The average Bonchev–Trinajstić information content (AvgIpc) is 2.15. The van der Waals surface area contributed by atoms with E-state index in [1.54, 1.807) is 0 Å². The van der Waals surface area contributed by atoms with Crippen LogP contribution in [-0.2, 0) is 9.53 Å². The molecule has 1 rings (SSSR count). The average molecular weight is 140 g/mol. The Morgan fingerprint density at radius 2 is 2.60 bits per heavy atom. The maximum absolute atomic E-state index is 10.9. The Balaban J connectivity index is 2.40. The third-order valence-electron chi connectivity index (χ3n) is 1.61. The minimum absolute atomic E-state index is 0.0949. The largest absolute Gasteiger partial charge is 0.373 e. The lowest BCUT2D eigenvalue weighted by Crippen LogP contribution is -2.10. The maximum atomic E-state index is 10.9. The van der Waals surface area contributed by atoms with E-state index in [1.807, 2.05) is 6.92 Å². The highest BCUT2D eigenvalue weighted by Gasteiger charge is 2.24. The molecule has 1 atom stereocenters. The molecule has 0 saturated carbocycles. The SMILES string of the molecule is C=C(C)C[C@@H]1COCC1=O. The highest BCUT2D eigenvalue weighted by atomic mass is 16.5. The summed E-state index contributed by atoms with van der Waals surface area (Å²) in [6.45, 7) is 6.57. The first-order valence-corrected chi connectivity index (χ1v) is 3.45. The summed E-state index contributed by atoms with van der Waals surface area (Å²) in [5.41, 5.74) is 1.06. The third-order valence-corrected chi connectivity index (χ3v) is 1.61. The predicted octanol–water partition coefficient (Wildman–Crippen LogP) is 1.17. The monoisotopic (exact) mass is 140 g/mol. The smallest absolute Gasteiger partial charge is 0.164 e. The Morgan fingerprint density at radius 3 is 3.00 bits per heavy atom. The highest BCUT2D eigenvalue weighted by molar-refractivity contribution is 5.84. The van der Waals surface area contributed by atoms with Crippen LogP contribution < -0.4 is 0 Å². The molecule has 0 aliphatic carbocycles. The predicted molar refractivity (Wildman–Crippen MR) is 38.7 cm³/mol. The Hall–Kier alpha value is -0.630. The molecule has 0 spiro atoms. The molecular weight excluding hydrogens is 128 g/mol. The number of ketones is 1. The van der Waals surface area contributed by atoms with Gasteiger partial charge in [-0.3, -0.25) is 4.79 Å². The molecule has 2 nitrogen and oxygen atoms in total. The van der Waals surface area contributed by atoms with Gasteiger partial charge < -0.3 is 4.74 Å². The molecule has 0 aromatic heterocycles. The summed E-state index contributed by atoms with van der Waals surface area (Å²) < 4.78 is 4.98. The van der Waals surface area contributed by atoms with Crippen LogP contribution in [-0.4, -0.2) is 19.0 Å². The third kappa shape index (κ3) is 1.67. The summed E-state index contributed by atoms with van der Waals surface area (Å²) >= 11 is 0. The number of carbonyl (C=O) groups excluding carboxylic acids is 1. The van der Waals surface area contributed by atoms with E-state index >= 15 is 0 Å². The van der Waals surface area contributed by atoms with Crippen LogP contribution in [0.5, 0.6) is 0 Å². The van der Waals surface area contributed by atoms with Crippen molar-refractivity contribution in [3.63, 3.8) is 0 Å². The van der Waals surface area contributed by atoms with E-state index < -0.39 is 0 Å². The molecule has 0 amide bonds. The minimum atomic E-state index is 0.0949. The Bertz CT molecular complexity index is 161. The molecule has 0 unspecified atom stereocenters. The van der Waals surface area contributed by atoms with E-state index in [0.29, 0.717) is 13.2 Å². The lowest BCUT2D eigenvalue weighted by Gasteiger charge is -2.03. The van der Waals surface area contributed by atoms with Gasteiger partial charge in [0.2, 0.25) is 0 Å². The van der Waals surface area contributed by atoms with Gasteiger partial charge in [-0.1, -0.05) is 5.57 Å². The number of ether oxygens (including phenoxy) is 1. The van der Waals surface area contributed by atoms with E-state index in [9.17, 15) is 4.79 Å². The van der Waals surface area contributed by atoms with E-state index in [1.165, 1.54) is 0 Å². The van der Waals surface area contributed by atoms with Gasteiger partial charge in [-0.05, 0) is 13.3 Å². The van der Waals surface area contributed by atoms with E-state index in [-0.39, 0.29) is 11.7 Å². The summed E-state index contributed by atoms with van der Waals surface area (Å²) in [6.07, 6.45) is 0.791. The summed E-state index contributed by atoms with van der Waals surface area (Å²) in [5.74, 6) is 0.320. The molecule has 2 heteroatoms. The van der Waals surface area contributed by atoms with Crippen molar-refractivity contribution in [1.29, 1.82) is 0 Å². The van der Waals surface area contributed by atoms with E-state index in [2.05, 4.69) is 6.58 Å². The molecule has 1 aliphatic heterocycles. The number of carbonyl (C=O) groups is 1. The summed E-state index contributed by atoms with van der Waals surface area (Å²) in [7, 11) is 0. The van der Waals surface area contributed by atoms with Crippen molar-refractivity contribution in [2.45, 2.75) is 13.3 Å². The summed E-state index contributed by atoms with van der Waals surface area (Å²) in [6, 6.07) is 0. The van der Waals surface area contributed by atoms with Crippen LogP contribution in [0, 0.1) is 5.92 Å². The van der Waals surface area contributed by atoms with Crippen molar-refractivity contribution in [3.05, 3.63) is 12.2 Å². The first-order valence-electron chi connectivity index (χ1n) is 3.45. The van der Waals surface area contributed by atoms with Crippen LogP contribution >= 0.6 is 0 Å². The zero-order valence-electron chi connectivity index (χ0n) is 6.22. The quantitative estimate of drug-likeness (QED) is 0.538. The number of hydrogen-bond donors (Lipinski definition) is 0. The molecule has 0 radical (unpaired) electrons. The van der Waals surface area contributed by atoms with E-state index in [4.69, 9.17) is 4.74 Å². The fourth-order valence-corrected chi connectivity index (χ4v) is 1.11. The van der Waals surface area contributed by atoms with Gasteiger partial charge in [-0.15, -0.1) is 6.58 Å². The van der Waals surface area contributed by atoms with Crippen molar-refractivity contribution >= 4 is 5.78 Å². The standard InChI is InChI=1S/C8H12O2/c1-6(2)3-7-4-10-5-8(7)9/h7H,1,3-5H2,2H3/t7-/m1/s1. The van der Waals surface area contributed by atoms with Gasteiger partial charge in [0.05, 0.1) is 6.61 Å². The van der Waals surface area contributed by atoms with Gasteiger partial charge in [0.15, 0.2) is 5.78 Å². The number of Topliss-reactive ketones (excluding diaryl/α,β-unsaturated/α-hetero) is 1. The second kappa shape index (κ2) is 2.97. The van der Waals surface area contributed by atoms with Crippen LogP contribution in [0.1, 0.15) is 13.3 Å². The number of hydrogen-bond acceptors (Lipinski definition) is 2. The second-order valence-electron chi connectivity index (χ2n) is 2.84. The van der Waals surface area contributed by atoms with Gasteiger partial charge in [0.25, 0.3) is 0 Å². The van der Waals surface area contributed by atoms with Crippen molar-refractivity contribution in [3.8, 4) is 0 Å². The van der Waals surface area contributed by atoms with Gasteiger partial charge in [-0.25, -0.2) is 0 Å². The number of rotatable bonds is 2. The minimum Gasteiger partial charge on any atom is -0.373 e. The van der Waals surface area contributed by atoms with Gasteiger partial charge in [0, 0.05) is 5.92 Å². The maximum Gasteiger partial charge on any atom is 0.164 e. The van der Waals surface area contributed by atoms with Crippen LogP contribution in [0.15, 0.2) is 12.2 Å². The first-order chi connectivity index (χ1) is 4.70. The Kier molecular flexibility index (Phi) is 2.22. The second-order valence-corrected chi connectivity index (χ2v) is 2.84. The molecule has 1 saturated heterocycles. The highest BCUT2D eigenvalue weighted by Crippen LogP contribution is 2.16. The van der Waals surface area contributed by atoms with Crippen LogP contribution in [0.25, 0.3) is 0 Å². The number of allylic oxidation sites excluding steroid dienone is 1. The van der Waals surface area contributed by atoms with Crippen LogP contribution in [0.4, 0.5) is 0 Å². The Labute approximate surface area is 60.9 Å². The molecule has 0 N–H and O–H groups in total. The van der Waals surface area contributed by atoms with Crippen molar-refractivity contribution in [1.82, 2.24) is 0 Å². The zero-order valence-corrected chi connectivity index (χ0v) is 6.22. The zero-order chi connectivity index (χ0) is 7.56. The van der Waals surface area contributed by atoms with Gasteiger partial charge in [-0.2, -0.15) is 0 Å². The summed E-state index contributed by atoms with van der Waals surface area (Å²) in [5, 5.41) is 0. The summed E-state index contributed by atoms with van der Waals surface area (Å²) in [4.78, 5) is 10.9. The van der Waals surface area contributed by atoms with Crippen LogP contribution in [0.3, 0.4) is 0 Å². The molecule has 0 aromatic carbocycles. The molecule has 1 aliphatic rings. The first kappa shape index (κ1) is 7.48. The van der Waals surface area contributed by atoms with Gasteiger partial charge in [0.1, 0.15) is 6.61 Å². The normalized spacial score (nSPS) is 25.3. The topological polar surface area (TPSA) is 26.3 Å². The van der Waals surface area contributed by atoms with Crippen molar-refractivity contribution < 1.29 is 9.53 Å². The fourth-order valence-electron chi connectivity index (χ4n) is 1.11. The fraction of sp³-hybridized carbons (Fsp3) is 0.625. The molecule has 0 aromatic rings. The van der Waals surface area contributed by atoms with E-state index in [0.717, 1.165) is 12.0 Å². The molecule has 10 heavy (non-hydrogen) atoms. The molecule has 1 heterocycles.